The third-order valence-corrected chi connectivity index (χ3v) is 13.0. The van der Waals surface area contributed by atoms with E-state index in [1.807, 2.05) is 27.2 Å². The van der Waals surface area contributed by atoms with Gasteiger partial charge >= 0.3 is 7.82 Å². The minimum absolute atomic E-state index is 0.0578. The average Bonchev–Trinajstić information content (AvgIpc) is 3.26. The van der Waals surface area contributed by atoms with Crippen LogP contribution in [0.5, 0.6) is 0 Å². The van der Waals surface area contributed by atoms with E-state index in [1.165, 1.54) is 148 Å². The van der Waals surface area contributed by atoms with Gasteiger partial charge in [-0.25, -0.2) is 4.57 Å². The molecule has 0 aliphatic carbocycles. The number of phosphoric acid groups is 1. The number of rotatable bonds is 49. The molecule has 65 heavy (non-hydrogen) atoms. The number of carbonyl (C=O) groups excluding carboxylic acids is 1. The van der Waals surface area contributed by atoms with Crippen molar-refractivity contribution in [3.63, 3.8) is 0 Å². The molecular weight excluding hydrogens is 828 g/mol. The zero-order valence-electron chi connectivity index (χ0n) is 43.2. The van der Waals surface area contributed by atoms with E-state index in [1.54, 1.807) is 6.08 Å². The lowest BCUT2D eigenvalue weighted by Crippen LogP contribution is -2.45. The summed E-state index contributed by atoms with van der Waals surface area (Å²) in [5, 5.41) is 13.9. The number of aliphatic hydroxyl groups is 1. The van der Waals surface area contributed by atoms with Crippen LogP contribution >= 0.6 is 7.82 Å². The van der Waals surface area contributed by atoms with E-state index in [2.05, 4.69) is 67.8 Å². The highest BCUT2D eigenvalue weighted by Crippen LogP contribution is 2.43. The molecule has 0 bridgehead atoms. The van der Waals surface area contributed by atoms with Crippen LogP contribution < -0.4 is 5.32 Å². The second kappa shape index (κ2) is 47.3. The third-order valence-electron chi connectivity index (χ3n) is 12.0. The van der Waals surface area contributed by atoms with Gasteiger partial charge in [-0.15, -0.1) is 0 Å². The maximum atomic E-state index is 13.0. The van der Waals surface area contributed by atoms with E-state index in [9.17, 15) is 19.4 Å². The molecule has 9 heteroatoms. The van der Waals surface area contributed by atoms with Crippen molar-refractivity contribution >= 4 is 13.7 Å². The van der Waals surface area contributed by atoms with Crippen LogP contribution in [0.3, 0.4) is 0 Å². The minimum atomic E-state index is -4.35. The van der Waals surface area contributed by atoms with E-state index >= 15 is 0 Å². The van der Waals surface area contributed by atoms with E-state index in [4.69, 9.17) is 9.05 Å². The third kappa shape index (κ3) is 49.9. The lowest BCUT2D eigenvalue weighted by molar-refractivity contribution is -0.870. The highest BCUT2D eigenvalue weighted by atomic mass is 31.2. The van der Waals surface area contributed by atoms with Gasteiger partial charge in [-0.2, -0.15) is 0 Å². The Kier molecular flexibility index (Phi) is 46.0. The van der Waals surface area contributed by atoms with Crippen LogP contribution in [-0.2, 0) is 18.4 Å². The number of allylic oxidation sites excluding steroid dienone is 9. The fourth-order valence-electron chi connectivity index (χ4n) is 7.74. The lowest BCUT2D eigenvalue weighted by Gasteiger charge is -2.25. The summed E-state index contributed by atoms with van der Waals surface area (Å²) < 4.78 is 23.7. The van der Waals surface area contributed by atoms with E-state index in [0.29, 0.717) is 17.4 Å². The van der Waals surface area contributed by atoms with Gasteiger partial charge in [-0.05, 0) is 57.8 Å². The highest BCUT2D eigenvalue weighted by molar-refractivity contribution is 7.47. The molecule has 0 saturated carbocycles. The Bertz CT molecular complexity index is 1240. The highest BCUT2D eigenvalue weighted by Gasteiger charge is 2.27. The molecule has 0 aromatic carbocycles. The second-order valence-electron chi connectivity index (χ2n) is 19.6. The first-order chi connectivity index (χ1) is 31.5. The van der Waals surface area contributed by atoms with E-state index < -0.39 is 20.0 Å². The normalized spacial score (nSPS) is 14.5. The molecule has 3 atom stereocenters. The number of phosphoric ester groups is 1. The van der Waals surface area contributed by atoms with Gasteiger partial charge in [-0.1, -0.05) is 235 Å². The molecular formula is C56H106N2O6P+. The smallest absolute Gasteiger partial charge is 0.387 e. The predicted octanol–water partition coefficient (Wildman–Crippen LogP) is 16.1. The molecule has 8 nitrogen and oxygen atoms in total. The summed E-state index contributed by atoms with van der Waals surface area (Å²) in [6, 6.07) is -0.854. The van der Waals surface area contributed by atoms with Crippen molar-refractivity contribution in [2.45, 2.75) is 251 Å². The number of nitrogens with one attached hydrogen (secondary N) is 1. The van der Waals surface area contributed by atoms with Gasteiger partial charge in [0.2, 0.25) is 5.91 Å². The Labute approximate surface area is 402 Å². The van der Waals surface area contributed by atoms with Gasteiger partial charge < -0.3 is 19.8 Å². The maximum absolute atomic E-state index is 13.0. The Balaban J connectivity index is 4.29. The summed E-state index contributed by atoms with van der Waals surface area (Å²) in [7, 11) is 1.56. The number of unbranched alkanes of at least 4 members (excludes halogenated alkanes) is 28. The minimum Gasteiger partial charge on any atom is -0.387 e. The largest absolute Gasteiger partial charge is 0.472 e. The maximum Gasteiger partial charge on any atom is 0.472 e. The zero-order chi connectivity index (χ0) is 47.8. The van der Waals surface area contributed by atoms with Crippen molar-refractivity contribution in [2.24, 2.45) is 0 Å². The molecule has 0 rings (SSSR count). The number of carbonyl (C=O) groups is 1. The van der Waals surface area contributed by atoms with Crippen LogP contribution in [0.25, 0.3) is 0 Å². The fraction of sp³-hybridized carbons (Fsp3) is 0.804. The Morgan fingerprint density at radius 3 is 1.35 bits per heavy atom. The molecule has 1 amide bonds. The number of quaternary nitrogens is 1. The van der Waals surface area contributed by atoms with Crippen molar-refractivity contribution < 1.29 is 32.9 Å². The monoisotopic (exact) mass is 934 g/mol. The van der Waals surface area contributed by atoms with Gasteiger partial charge in [0, 0.05) is 6.42 Å². The first kappa shape index (κ1) is 63.2. The van der Waals surface area contributed by atoms with Gasteiger partial charge in [0.15, 0.2) is 0 Å². The Morgan fingerprint density at radius 2 is 0.923 bits per heavy atom. The van der Waals surface area contributed by atoms with Gasteiger partial charge in [-0.3, -0.25) is 13.8 Å². The standard InChI is InChI=1S/C56H105N2O6P/c1-6-8-10-12-14-16-18-20-22-24-26-28-30-31-33-35-37-39-41-43-45-47-49-55(59)54(53-64-65(61,62)63-52-51-58(3,4)5)57-56(60)50-48-46-44-42-40-38-36-34-32-29-27-25-23-21-19-17-15-13-11-9-7-2/h9,11,15,17,21,23,27,29,47,49,54-55,59H,6-8,10,12-14,16,18-20,22,24-26,28,30-46,48,50-53H2,1-5H3,(H-,57,60,61,62)/p+1/b11-9-,17-15-,23-21-,29-27-,49-47+. The van der Waals surface area contributed by atoms with Crippen LogP contribution in [0.4, 0.5) is 0 Å². The van der Waals surface area contributed by atoms with Crippen molar-refractivity contribution in [3.8, 4) is 0 Å². The summed E-state index contributed by atoms with van der Waals surface area (Å²) in [6.45, 7) is 4.71. The topological polar surface area (TPSA) is 105 Å². The SMILES string of the molecule is CC/C=C\C/C=C\C/C=C\C/C=C\CCCCCCCCCCC(=O)NC(COP(=O)(O)OCC[N+](C)(C)C)C(O)/C=C/CCCCCCCCCCCCCCCCCCCCCC. The molecule has 0 fully saturated rings. The summed E-state index contributed by atoms with van der Waals surface area (Å²) in [4.78, 5) is 23.3. The molecule has 380 valence electrons. The van der Waals surface area contributed by atoms with E-state index in [-0.39, 0.29) is 19.1 Å². The molecule has 0 aromatic rings. The fourth-order valence-corrected chi connectivity index (χ4v) is 8.48. The molecule has 0 aliphatic heterocycles. The number of hydrogen-bond acceptors (Lipinski definition) is 5. The van der Waals surface area contributed by atoms with Crippen molar-refractivity contribution in [3.05, 3.63) is 60.8 Å². The lowest BCUT2D eigenvalue weighted by atomic mass is 10.0. The van der Waals surface area contributed by atoms with Crippen molar-refractivity contribution in [1.82, 2.24) is 5.32 Å². The number of hydrogen-bond donors (Lipinski definition) is 3. The number of aliphatic hydroxyl groups excluding tert-OH is 1. The Morgan fingerprint density at radius 1 is 0.538 bits per heavy atom. The van der Waals surface area contributed by atoms with Crippen LogP contribution in [0, 0.1) is 0 Å². The van der Waals surface area contributed by atoms with Crippen LogP contribution in [0.15, 0.2) is 60.8 Å². The van der Waals surface area contributed by atoms with E-state index in [0.717, 1.165) is 70.6 Å². The molecule has 3 unspecified atom stereocenters. The summed E-state index contributed by atoms with van der Waals surface area (Å²) >= 11 is 0. The molecule has 0 saturated heterocycles. The first-order valence-electron chi connectivity index (χ1n) is 27.2. The van der Waals surface area contributed by atoms with Gasteiger partial charge in [0.1, 0.15) is 13.2 Å². The predicted molar refractivity (Wildman–Crippen MR) is 281 cm³/mol. The van der Waals surface area contributed by atoms with Crippen molar-refractivity contribution in [1.29, 1.82) is 0 Å². The summed E-state index contributed by atoms with van der Waals surface area (Å²) in [5.41, 5.74) is 0. The second-order valence-corrected chi connectivity index (χ2v) is 21.0. The first-order valence-corrected chi connectivity index (χ1v) is 28.7. The number of nitrogens with zero attached hydrogens (tertiary/aromatic N) is 1. The van der Waals surface area contributed by atoms with Crippen LogP contribution in [-0.4, -0.2) is 73.4 Å². The quantitative estimate of drug-likeness (QED) is 0.0243. The zero-order valence-corrected chi connectivity index (χ0v) is 44.1. The molecule has 0 heterocycles. The average molecular weight is 934 g/mol. The molecule has 0 radical (unpaired) electrons. The van der Waals surface area contributed by atoms with Gasteiger partial charge in [0.05, 0.1) is 39.9 Å². The van der Waals surface area contributed by atoms with Gasteiger partial charge in [0.25, 0.3) is 0 Å². The molecule has 0 aliphatic rings. The molecule has 3 N–H and O–H groups in total. The van der Waals surface area contributed by atoms with Crippen molar-refractivity contribution in [2.75, 3.05) is 40.9 Å². The Hall–Kier alpha value is -1.80. The molecule has 0 aromatic heterocycles. The number of likely N-dealkylation sites (N-methyl/N-ethyl adjacent to an activating group) is 1. The summed E-state index contributed by atoms with van der Waals surface area (Å²) in [5.74, 6) is -0.185. The summed E-state index contributed by atoms with van der Waals surface area (Å²) in [6.07, 6.45) is 63.0. The van der Waals surface area contributed by atoms with Crippen LogP contribution in [0.2, 0.25) is 0 Å². The van der Waals surface area contributed by atoms with Crippen LogP contribution in [0.1, 0.15) is 239 Å². The number of amides is 1. The molecule has 0 spiro atoms.